The number of hydrogen-bond acceptors (Lipinski definition) is 1. The van der Waals surface area contributed by atoms with Crippen molar-refractivity contribution in [2.75, 3.05) is 0 Å². The van der Waals surface area contributed by atoms with E-state index in [1.807, 2.05) is 13.8 Å². The summed E-state index contributed by atoms with van der Waals surface area (Å²) in [5, 5.41) is 1.23. The second kappa shape index (κ2) is 5.50. The third-order valence-electron chi connectivity index (χ3n) is 2.34. The SMILES string of the molecule is CC.CCc1ccc2cccc(C)c2n1. The molecule has 15 heavy (non-hydrogen) atoms. The fraction of sp³-hybridized carbons (Fsp3) is 0.357. The predicted octanol–water partition coefficient (Wildman–Crippen LogP) is 4.13. The van der Waals surface area contributed by atoms with Crippen molar-refractivity contribution in [3.05, 3.63) is 41.6 Å². The molecule has 0 aliphatic carbocycles. The fourth-order valence-electron chi connectivity index (χ4n) is 1.53. The Balaban J connectivity index is 0.000000531. The van der Waals surface area contributed by atoms with Crippen LogP contribution >= 0.6 is 0 Å². The summed E-state index contributed by atoms with van der Waals surface area (Å²) in [6.07, 6.45) is 1.00. The summed E-state index contributed by atoms with van der Waals surface area (Å²) in [7, 11) is 0. The van der Waals surface area contributed by atoms with Gasteiger partial charge in [0.1, 0.15) is 0 Å². The van der Waals surface area contributed by atoms with Crippen LogP contribution in [0.25, 0.3) is 10.9 Å². The topological polar surface area (TPSA) is 12.9 Å². The number of para-hydroxylation sites is 1. The van der Waals surface area contributed by atoms with Crippen molar-refractivity contribution >= 4 is 10.9 Å². The van der Waals surface area contributed by atoms with E-state index in [4.69, 9.17) is 0 Å². The molecule has 0 amide bonds. The van der Waals surface area contributed by atoms with Crippen molar-refractivity contribution in [3.8, 4) is 0 Å². The Labute approximate surface area is 92.2 Å². The van der Waals surface area contributed by atoms with Gasteiger partial charge in [0, 0.05) is 11.1 Å². The van der Waals surface area contributed by atoms with E-state index in [1.165, 1.54) is 16.6 Å². The van der Waals surface area contributed by atoms with Gasteiger partial charge in [-0.2, -0.15) is 0 Å². The molecule has 1 aromatic heterocycles. The molecule has 0 unspecified atom stereocenters. The van der Waals surface area contributed by atoms with Crippen LogP contribution in [0, 0.1) is 6.92 Å². The van der Waals surface area contributed by atoms with Crippen LogP contribution < -0.4 is 0 Å². The quantitative estimate of drug-likeness (QED) is 0.676. The minimum Gasteiger partial charge on any atom is -0.253 e. The lowest BCUT2D eigenvalue weighted by molar-refractivity contribution is 1.05. The Morgan fingerprint density at radius 2 is 1.80 bits per heavy atom. The molecule has 0 fully saturated rings. The van der Waals surface area contributed by atoms with Gasteiger partial charge in [-0.25, -0.2) is 0 Å². The molecule has 0 aliphatic heterocycles. The maximum absolute atomic E-state index is 4.59. The molecule has 0 bridgehead atoms. The molecule has 1 heterocycles. The summed E-state index contributed by atoms with van der Waals surface area (Å²) in [6, 6.07) is 10.5. The van der Waals surface area contributed by atoms with Crippen molar-refractivity contribution in [2.24, 2.45) is 0 Å². The average Bonchev–Trinajstić information content (AvgIpc) is 2.32. The first-order valence-electron chi connectivity index (χ1n) is 5.66. The van der Waals surface area contributed by atoms with E-state index in [0.717, 1.165) is 11.9 Å². The normalized spacial score (nSPS) is 9.60. The largest absolute Gasteiger partial charge is 0.253 e. The second-order valence-electron chi connectivity index (χ2n) is 3.30. The van der Waals surface area contributed by atoms with Crippen molar-refractivity contribution in [1.29, 1.82) is 0 Å². The Kier molecular flexibility index (Phi) is 4.29. The average molecular weight is 201 g/mol. The number of aromatic nitrogens is 1. The van der Waals surface area contributed by atoms with Gasteiger partial charge in [0.15, 0.2) is 0 Å². The van der Waals surface area contributed by atoms with Crippen LogP contribution in [0.3, 0.4) is 0 Å². The lowest BCUT2D eigenvalue weighted by atomic mass is 10.1. The Morgan fingerprint density at radius 3 is 2.47 bits per heavy atom. The van der Waals surface area contributed by atoms with Crippen LogP contribution in [-0.2, 0) is 6.42 Å². The van der Waals surface area contributed by atoms with Crippen molar-refractivity contribution in [1.82, 2.24) is 4.98 Å². The predicted molar refractivity (Wildman–Crippen MR) is 67.2 cm³/mol. The standard InChI is InChI=1S/C12H13N.C2H6/c1-3-11-8-7-10-6-4-5-9(2)12(10)13-11;1-2/h4-8H,3H2,1-2H3;1-2H3. The van der Waals surface area contributed by atoms with E-state index in [1.54, 1.807) is 0 Å². The van der Waals surface area contributed by atoms with E-state index in [0.29, 0.717) is 0 Å². The van der Waals surface area contributed by atoms with Crippen LogP contribution in [0.2, 0.25) is 0 Å². The molecule has 80 valence electrons. The number of pyridine rings is 1. The molecule has 0 atom stereocenters. The molecular formula is C14H19N. The minimum absolute atomic E-state index is 1.00. The van der Waals surface area contributed by atoms with Gasteiger partial charge in [0.2, 0.25) is 0 Å². The van der Waals surface area contributed by atoms with Crippen LogP contribution in [0.1, 0.15) is 32.0 Å². The van der Waals surface area contributed by atoms with Crippen LogP contribution in [0.15, 0.2) is 30.3 Å². The highest BCUT2D eigenvalue weighted by Gasteiger charge is 1.98. The second-order valence-corrected chi connectivity index (χ2v) is 3.30. The summed E-state index contributed by atoms with van der Waals surface area (Å²) in [5.74, 6) is 0. The molecule has 0 N–H and O–H groups in total. The first kappa shape index (κ1) is 11.7. The summed E-state index contributed by atoms with van der Waals surface area (Å²) in [6.45, 7) is 8.24. The highest BCUT2D eigenvalue weighted by Crippen LogP contribution is 2.16. The molecule has 2 rings (SSSR count). The van der Waals surface area contributed by atoms with Crippen molar-refractivity contribution < 1.29 is 0 Å². The molecule has 0 spiro atoms. The molecule has 1 nitrogen and oxygen atoms in total. The summed E-state index contributed by atoms with van der Waals surface area (Å²) >= 11 is 0. The van der Waals surface area contributed by atoms with Crippen LogP contribution in [0.5, 0.6) is 0 Å². The first-order chi connectivity index (χ1) is 7.31. The summed E-state index contributed by atoms with van der Waals surface area (Å²) in [5.41, 5.74) is 3.57. The number of aryl methyl sites for hydroxylation is 2. The highest BCUT2D eigenvalue weighted by molar-refractivity contribution is 5.81. The Hall–Kier alpha value is -1.37. The van der Waals surface area contributed by atoms with Crippen molar-refractivity contribution in [3.63, 3.8) is 0 Å². The third-order valence-corrected chi connectivity index (χ3v) is 2.34. The molecule has 0 saturated carbocycles. The number of benzene rings is 1. The van der Waals surface area contributed by atoms with E-state index >= 15 is 0 Å². The summed E-state index contributed by atoms with van der Waals surface area (Å²) in [4.78, 5) is 4.59. The van der Waals surface area contributed by atoms with E-state index in [9.17, 15) is 0 Å². The van der Waals surface area contributed by atoms with Crippen LogP contribution in [-0.4, -0.2) is 4.98 Å². The van der Waals surface area contributed by atoms with Gasteiger partial charge in [0.05, 0.1) is 5.52 Å². The Morgan fingerprint density at radius 1 is 1.07 bits per heavy atom. The zero-order valence-electron chi connectivity index (χ0n) is 10.0. The maximum Gasteiger partial charge on any atom is 0.0734 e. The minimum atomic E-state index is 1.00. The number of rotatable bonds is 1. The Bertz CT molecular complexity index is 432. The lowest BCUT2D eigenvalue weighted by Crippen LogP contribution is -1.89. The zero-order valence-corrected chi connectivity index (χ0v) is 10.0. The van der Waals surface area contributed by atoms with Gasteiger partial charge in [0.25, 0.3) is 0 Å². The van der Waals surface area contributed by atoms with Crippen LogP contribution in [0.4, 0.5) is 0 Å². The molecule has 2 aromatic rings. The monoisotopic (exact) mass is 201 g/mol. The number of fused-ring (bicyclic) bond motifs is 1. The molecular weight excluding hydrogens is 182 g/mol. The van der Waals surface area contributed by atoms with Gasteiger partial charge in [-0.1, -0.05) is 45.0 Å². The van der Waals surface area contributed by atoms with Gasteiger partial charge >= 0.3 is 0 Å². The lowest BCUT2D eigenvalue weighted by Gasteiger charge is -2.02. The fourth-order valence-corrected chi connectivity index (χ4v) is 1.53. The van der Waals surface area contributed by atoms with Gasteiger partial charge in [-0.05, 0) is 25.0 Å². The van der Waals surface area contributed by atoms with E-state index < -0.39 is 0 Å². The number of nitrogens with zero attached hydrogens (tertiary/aromatic N) is 1. The molecule has 1 heteroatoms. The maximum atomic E-state index is 4.59. The van der Waals surface area contributed by atoms with Gasteiger partial charge in [-0.15, -0.1) is 0 Å². The molecule has 0 saturated heterocycles. The number of hydrogen-bond donors (Lipinski definition) is 0. The highest BCUT2D eigenvalue weighted by atomic mass is 14.7. The van der Waals surface area contributed by atoms with E-state index in [-0.39, 0.29) is 0 Å². The summed E-state index contributed by atoms with van der Waals surface area (Å²) < 4.78 is 0. The van der Waals surface area contributed by atoms with Crippen molar-refractivity contribution in [2.45, 2.75) is 34.1 Å². The smallest absolute Gasteiger partial charge is 0.0734 e. The molecule has 1 aromatic carbocycles. The molecule has 0 radical (unpaired) electrons. The molecule has 0 aliphatic rings. The first-order valence-corrected chi connectivity index (χ1v) is 5.66. The van der Waals surface area contributed by atoms with Gasteiger partial charge < -0.3 is 0 Å². The van der Waals surface area contributed by atoms with Gasteiger partial charge in [-0.3, -0.25) is 4.98 Å². The zero-order chi connectivity index (χ0) is 11.3. The third kappa shape index (κ3) is 2.56. The van der Waals surface area contributed by atoms with E-state index in [2.05, 4.69) is 49.2 Å².